The summed E-state index contributed by atoms with van der Waals surface area (Å²) >= 11 is 0. The molecule has 0 saturated carbocycles. The second kappa shape index (κ2) is 15.7. The zero-order valence-electron chi connectivity index (χ0n) is 18.0. The van der Waals surface area contributed by atoms with Crippen LogP contribution in [0.2, 0.25) is 0 Å². The number of carbonyl (C=O) groups is 1. The third-order valence-electron chi connectivity index (χ3n) is 4.94. The summed E-state index contributed by atoms with van der Waals surface area (Å²) in [6, 6.07) is 0. The summed E-state index contributed by atoms with van der Waals surface area (Å²) in [5.74, 6) is -0.517. The summed E-state index contributed by atoms with van der Waals surface area (Å²) in [5, 5.41) is 19.1. The number of amidine groups is 1. The Balaban J connectivity index is 0.00000784. The third-order valence-corrected chi connectivity index (χ3v) is 5.74. The Morgan fingerprint density at radius 1 is 1.17 bits per heavy atom. The van der Waals surface area contributed by atoms with Gasteiger partial charge in [0.15, 0.2) is 0 Å². The molecule has 1 atom stereocenters. The molecule has 0 aliphatic carbocycles. The number of hydrogen-bond acceptors (Lipinski definition) is 7. The van der Waals surface area contributed by atoms with Crippen LogP contribution in [0.25, 0.3) is 0 Å². The molecular weight excluding hydrogens is 407 g/mol. The normalized spacial score (nSPS) is 15.5. The smallest absolute Gasteiger partial charge is 0.748 e. The first-order chi connectivity index (χ1) is 13.3. The molecule has 164 valence electrons. The van der Waals surface area contributed by atoms with E-state index in [4.69, 9.17) is 0 Å². The van der Waals surface area contributed by atoms with Crippen molar-refractivity contribution in [3.63, 3.8) is 0 Å². The quantitative estimate of drug-likeness (QED) is 0.119. The van der Waals surface area contributed by atoms with E-state index in [1.54, 1.807) is 9.48 Å². The van der Waals surface area contributed by atoms with Crippen molar-refractivity contribution < 1.29 is 62.1 Å². The fraction of sp³-hybridized carbons (Fsp3) is 0.895. The van der Waals surface area contributed by atoms with Crippen LogP contribution in [0.5, 0.6) is 0 Å². The molecule has 1 aliphatic heterocycles. The molecule has 1 aliphatic rings. The minimum atomic E-state index is -4.53. The molecule has 29 heavy (non-hydrogen) atoms. The largest absolute Gasteiger partial charge is 1.00 e. The molecule has 8 nitrogen and oxygen atoms in total. The van der Waals surface area contributed by atoms with Gasteiger partial charge in [-0.05, 0) is 6.42 Å². The Kier molecular flexibility index (Phi) is 15.7. The van der Waals surface area contributed by atoms with Gasteiger partial charge in [-0.2, -0.15) is 0 Å². The molecule has 1 rings (SSSR count). The number of aliphatic hydroxyl groups is 2. The van der Waals surface area contributed by atoms with Crippen molar-refractivity contribution in [2.24, 2.45) is 0 Å². The molecule has 0 aromatic heterocycles. The number of nitrogens with zero attached hydrogens (tertiary/aromatic N) is 2. The fourth-order valence-corrected chi connectivity index (χ4v) is 4.17. The van der Waals surface area contributed by atoms with E-state index in [0.29, 0.717) is 31.9 Å². The minimum absolute atomic E-state index is 0. The maximum Gasteiger partial charge on any atom is 1.00 e. The van der Waals surface area contributed by atoms with Crippen molar-refractivity contribution >= 4 is 21.7 Å². The van der Waals surface area contributed by atoms with Gasteiger partial charge in [0, 0.05) is 6.42 Å². The predicted molar refractivity (Wildman–Crippen MR) is 106 cm³/mol. The molecule has 0 aromatic rings. The molecule has 0 fully saturated rings. The number of ketones is 1. The minimum Gasteiger partial charge on any atom is -0.748 e. The number of Topliss-reactive ketones (excluding diaryl/α,β-unsaturated/α-hetero) is 1. The third kappa shape index (κ3) is 12.4. The van der Waals surface area contributed by atoms with Crippen LogP contribution >= 0.6 is 0 Å². The standard InChI is InChI=1S/C19H36N2O6S.Na/c1-2-3-4-5-6-7-8-9-10-18(24)19-20(13-14-22)11-12-21(19)15-17(23)16-28(25,26)27;/h17,22-23H,2-16H2,1H3;/q;+1. The number of carbonyl (C=O) groups excluding carboxylic acids is 1. The summed E-state index contributed by atoms with van der Waals surface area (Å²) in [5.41, 5.74) is 0. The zero-order chi connectivity index (χ0) is 21.0. The van der Waals surface area contributed by atoms with Crippen LogP contribution in [0.15, 0.2) is 0 Å². The van der Waals surface area contributed by atoms with E-state index >= 15 is 0 Å². The van der Waals surface area contributed by atoms with E-state index in [1.165, 1.54) is 32.1 Å². The van der Waals surface area contributed by atoms with Gasteiger partial charge in [-0.25, -0.2) is 8.42 Å². The molecule has 1 unspecified atom stereocenters. The summed E-state index contributed by atoms with van der Waals surface area (Å²) in [4.78, 5) is 14.5. The maximum atomic E-state index is 12.7. The summed E-state index contributed by atoms with van der Waals surface area (Å²) < 4.78 is 34.1. The molecule has 0 amide bonds. The first kappa shape index (κ1) is 29.0. The topological polar surface area (TPSA) is 121 Å². The van der Waals surface area contributed by atoms with Crippen molar-refractivity contribution in [3.8, 4) is 0 Å². The van der Waals surface area contributed by atoms with E-state index in [9.17, 15) is 28.0 Å². The van der Waals surface area contributed by atoms with Crippen LogP contribution in [0, 0.1) is 0 Å². The zero-order valence-corrected chi connectivity index (χ0v) is 20.8. The molecule has 0 spiro atoms. The number of aliphatic hydroxyl groups excluding tert-OH is 2. The van der Waals surface area contributed by atoms with E-state index in [0.717, 1.165) is 19.3 Å². The number of hydrogen-bond donors (Lipinski definition) is 2. The first-order valence-electron chi connectivity index (χ1n) is 10.4. The van der Waals surface area contributed by atoms with Gasteiger partial charge in [-0.15, -0.1) is 0 Å². The van der Waals surface area contributed by atoms with Gasteiger partial charge in [0.05, 0.1) is 22.5 Å². The Morgan fingerprint density at radius 2 is 1.76 bits per heavy atom. The van der Waals surface area contributed by atoms with E-state index in [2.05, 4.69) is 6.92 Å². The molecule has 0 bridgehead atoms. The predicted octanol–water partition coefficient (Wildman–Crippen LogP) is -2.28. The monoisotopic (exact) mass is 443 g/mol. The van der Waals surface area contributed by atoms with Crippen molar-refractivity contribution in [1.82, 2.24) is 4.90 Å². The van der Waals surface area contributed by atoms with E-state index in [-0.39, 0.29) is 48.5 Å². The van der Waals surface area contributed by atoms with Gasteiger partial charge >= 0.3 is 35.4 Å². The molecule has 1 heterocycles. The van der Waals surface area contributed by atoms with Gasteiger partial charge in [-0.3, -0.25) is 14.3 Å². The van der Waals surface area contributed by atoms with Gasteiger partial charge in [0.25, 0.3) is 0 Å². The number of unbranched alkanes of at least 4 members (excludes halogenated alkanes) is 7. The molecule has 0 aromatic carbocycles. The second-order valence-corrected chi connectivity index (χ2v) is 8.96. The van der Waals surface area contributed by atoms with Gasteiger partial charge in [0.2, 0.25) is 5.78 Å². The Hall–Kier alpha value is -0.0300. The number of β-amino-alcohol motifs (C(OH)–C–C–N with tert-alkyl or cyclic N) is 2. The SMILES string of the molecule is CCCCCCCCCCC(=O)C1=[N+](CC(O)CS(=O)(=O)[O-])CCN1CCO.[Na+]. The van der Waals surface area contributed by atoms with E-state index < -0.39 is 22.0 Å². The van der Waals surface area contributed by atoms with Gasteiger partial charge in [-0.1, -0.05) is 51.9 Å². The molecule has 0 saturated heterocycles. The Labute approximate surface area is 197 Å². The summed E-state index contributed by atoms with van der Waals surface area (Å²) in [6.45, 7) is 3.30. The fourth-order valence-electron chi connectivity index (χ4n) is 3.60. The van der Waals surface area contributed by atoms with Crippen LogP contribution in [0.4, 0.5) is 0 Å². The van der Waals surface area contributed by atoms with Gasteiger partial charge in [0.1, 0.15) is 32.3 Å². The molecule has 0 radical (unpaired) electrons. The van der Waals surface area contributed by atoms with Crippen LogP contribution < -0.4 is 29.6 Å². The molecular formula is C19H36N2NaO6S+. The molecule has 2 N–H and O–H groups in total. The van der Waals surface area contributed by atoms with Crippen LogP contribution in [-0.2, 0) is 14.9 Å². The second-order valence-electron chi connectivity index (χ2n) is 7.51. The first-order valence-corrected chi connectivity index (χ1v) is 12.0. The number of rotatable bonds is 16. The van der Waals surface area contributed by atoms with Crippen LogP contribution in [-0.4, -0.2) is 88.9 Å². The van der Waals surface area contributed by atoms with E-state index in [1.807, 2.05) is 0 Å². The van der Waals surface area contributed by atoms with Crippen molar-refractivity contribution in [2.75, 3.05) is 38.5 Å². The molecule has 10 heteroatoms. The Bertz CT molecular complexity index is 612. The van der Waals surface area contributed by atoms with Gasteiger partial charge < -0.3 is 14.8 Å². The Morgan fingerprint density at radius 3 is 2.31 bits per heavy atom. The summed E-state index contributed by atoms with van der Waals surface area (Å²) in [7, 11) is -4.53. The van der Waals surface area contributed by atoms with Crippen molar-refractivity contribution in [1.29, 1.82) is 0 Å². The van der Waals surface area contributed by atoms with Crippen LogP contribution in [0.3, 0.4) is 0 Å². The maximum absolute atomic E-state index is 12.7. The van der Waals surface area contributed by atoms with Crippen LogP contribution in [0.1, 0.15) is 64.7 Å². The average molecular weight is 444 g/mol. The average Bonchev–Trinajstić information content (AvgIpc) is 2.98. The summed E-state index contributed by atoms with van der Waals surface area (Å²) in [6.07, 6.45) is 8.10. The van der Waals surface area contributed by atoms with Crippen molar-refractivity contribution in [2.45, 2.75) is 70.8 Å². The van der Waals surface area contributed by atoms with Crippen molar-refractivity contribution in [3.05, 3.63) is 0 Å².